The van der Waals surface area contributed by atoms with Crippen molar-refractivity contribution in [3.8, 4) is 0 Å². The molecule has 0 saturated heterocycles. The molecule has 1 amide bonds. The number of fused-ring (bicyclic) bond motifs is 1. The zero-order valence-electron chi connectivity index (χ0n) is 14.5. The van der Waals surface area contributed by atoms with E-state index in [0.29, 0.717) is 5.13 Å². The molecule has 0 aliphatic rings. The minimum atomic E-state index is -0.0914. The van der Waals surface area contributed by atoms with Crippen LogP contribution < -0.4 is 5.32 Å². The normalized spacial score (nSPS) is 11.1. The number of aromatic nitrogens is 3. The second-order valence-electron chi connectivity index (χ2n) is 5.86. The van der Waals surface area contributed by atoms with Crippen molar-refractivity contribution in [3.05, 3.63) is 35.3 Å². The predicted octanol–water partition coefficient (Wildman–Crippen LogP) is 4.93. The van der Waals surface area contributed by atoms with E-state index in [-0.39, 0.29) is 5.91 Å². The highest BCUT2D eigenvalue weighted by atomic mass is 32.2. The molecule has 0 radical (unpaired) electrons. The largest absolute Gasteiger partial charge is 0.319 e. The number of nitrogens with zero attached hydrogens (tertiary/aromatic N) is 3. The molecule has 0 unspecified atom stereocenters. The summed E-state index contributed by atoms with van der Waals surface area (Å²) in [5.74, 6) is 0.652. The lowest BCUT2D eigenvalue weighted by Gasteiger charge is -2.08. The van der Waals surface area contributed by atoms with Crippen molar-refractivity contribution in [2.75, 3.05) is 5.32 Å². The zero-order chi connectivity index (χ0) is 17.6. The van der Waals surface area contributed by atoms with Crippen molar-refractivity contribution >= 4 is 45.2 Å². The van der Waals surface area contributed by atoms with Crippen LogP contribution >= 0.6 is 23.1 Å². The highest BCUT2D eigenvalue weighted by molar-refractivity contribution is 7.98. The second-order valence-corrected chi connectivity index (χ2v) is 7.66. The molecule has 3 aromatic rings. The third-order valence-corrected chi connectivity index (χ3v) is 5.61. The second kappa shape index (κ2) is 8.49. The topological polar surface area (TPSA) is 59.8 Å². The van der Waals surface area contributed by atoms with Gasteiger partial charge in [-0.05, 0) is 18.6 Å². The lowest BCUT2D eigenvalue weighted by Crippen LogP contribution is -2.05. The minimum absolute atomic E-state index is 0.0914. The molecule has 0 fully saturated rings. The Morgan fingerprint density at radius 2 is 2.12 bits per heavy atom. The van der Waals surface area contributed by atoms with Crippen LogP contribution in [0.1, 0.15) is 38.8 Å². The Labute approximate surface area is 155 Å². The fraction of sp³-hybridized carbons (Fsp3) is 0.389. The van der Waals surface area contributed by atoms with Gasteiger partial charge in [0.05, 0.1) is 16.7 Å². The maximum atomic E-state index is 11.1. The van der Waals surface area contributed by atoms with E-state index in [0.717, 1.165) is 35.1 Å². The molecule has 5 nitrogen and oxygen atoms in total. The standard InChI is InChI=1S/C18H22N4OS2/c1-3-4-7-10-22-16-9-6-5-8-15(16)21-18(22)25-12-14-11-24-17(20-14)19-13(2)23/h5-6,8-9,11H,3-4,7,10,12H2,1-2H3,(H,19,20,23). The molecule has 0 spiro atoms. The number of para-hydroxylation sites is 2. The molecule has 1 N–H and O–H groups in total. The van der Waals surface area contributed by atoms with E-state index < -0.39 is 0 Å². The van der Waals surface area contributed by atoms with Crippen LogP contribution in [0.2, 0.25) is 0 Å². The molecule has 0 aliphatic carbocycles. The Morgan fingerprint density at radius 3 is 2.92 bits per heavy atom. The number of unbranched alkanes of at least 4 members (excludes halogenated alkanes) is 2. The number of anilines is 1. The van der Waals surface area contributed by atoms with Gasteiger partial charge in [-0.25, -0.2) is 9.97 Å². The van der Waals surface area contributed by atoms with Crippen LogP contribution in [0, 0.1) is 0 Å². The van der Waals surface area contributed by atoms with Gasteiger partial charge in [-0.1, -0.05) is 43.7 Å². The first kappa shape index (κ1) is 17.9. The fourth-order valence-corrected chi connectivity index (χ4v) is 4.41. The van der Waals surface area contributed by atoms with Crippen molar-refractivity contribution in [2.24, 2.45) is 0 Å². The summed E-state index contributed by atoms with van der Waals surface area (Å²) in [6.45, 7) is 4.70. The maximum absolute atomic E-state index is 11.1. The summed E-state index contributed by atoms with van der Waals surface area (Å²) in [6.07, 6.45) is 3.59. The third-order valence-electron chi connectivity index (χ3n) is 3.79. The Balaban J connectivity index is 1.74. The number of carbonyl (C=O) groups excluding carboxylic acids is 1. The fourth-order valence-electron chi connectivity index (χ4n) is 2.62. The first-order valence-electron chi connectivity index (χ1n) is 8.47. The first-order valence-corrected chi connectivity index (χ1v) is 10.3. The van der Waals surface area contributed by atoms with Crippen LogP contribution in [0.3, 0.4) is 0 Å². The van der Waals surface area contributed by atoms with Gasteiger partial charge in [-0.15, -0.1) is 11.3 Å². The summed E-state index contributed by atoms with van der Waals surface area (Å²) in [4.78, 5) is 20.4. The average Bonchev–Trinajstić information content (AvgIpc) is 3.17. The minimum Gasteiger partial charge on any atom is -0.319 e. The number of aryl methyl sites for hydroxylation is 1. The van der Waals surface area contributed by atoms with Crippen molar-refractivity contribution in [1.29, 1.82) is 0 Å². The van der Waals surface area contributed by atoms with Gasteiger partial charge >= 0.3 is 0 Å². The van der Waals surface area contributed by atoms with Gasteiger partial charge in [0.1, 0.15) is 0 Å². The summed E-state index contributed by atoms with van der Waals surface area (Å²) in [6, 6.07) is 8.29. The highest BCUT2D eigenvalue weighted by Gasteiger charge is 2.12. The molecular formula is C18H22N4OS2. The molecule has 2 heterocycles. The molecule has 7 heteroatoms. The highest BCUT2D eigenvalue weighted by Crippen LogP contribution is 2.28. The molecular weight excluding hydrogens is 352 g/mol. The van der Waals surface area contributed by atoms with E-state index in [1.807, 2.05) is 11.4 Å². The van der Waals surface area contributed by atoms with Gasteiger partial charge in [0.2, 0.25) is 5.91 Å². The van der Waals surface area contributed by atoms with E-state index in [9.17, 15) is 4.79 Å². The Bertz CT molecular complexity index is 856. The summed E-state index contributed by atoms with van der Waals surface area (Å²) in [5, 5.41) is 6.40. The van der Waals surface area contributed by atoms with Gasteiger partial charge in [0, 0.05) is 24.6 Å². The van der Waals surface area contributed by atoms with Gasteiger partial charge < -0.3 is 9.88 Å². The van der Waals surface area contributed by atoms with Crippen molar-refractivity contribution in [1.82, 2.24) is 14.5 Å². The number of nitrogens with one attached hydrogen (secondary N) is 1. The molecule has 2 aromatic heterocycles. The van der Waals surface area contributed by atoms with Crippen molar-refractivity contribution in [2.45, 2.75) is 50.6 Å². The lowest BCUT2D eigenvalue weighted by atomic mass is 10.2. The van der Waals surface area contributed by atoms with Crippen LogP contribution in [0.15, 0.2) is 34.8 Å². The number of thioether (sulfide) groups is 1. The Kier molecular flexibility index (Phi) is 6.09. The summed E-state index contributed by atoms with van der Waals surface area (Å²) < 4.78 is 2.32. The molecule has 0 atom stereocenters. The van der Waals surface area contributed by atoms with Crippen LogP contribution in [0.4, 0.5) is 5.13 Å². The third kappa shape index (κ3) is 4.61. The lowest BCUT2D eigenvalue weighted by molar-refractivity contribution is -0.114. The van der Waals surface area contributed by atoms with Gasteiger partial charge in [0.25, 0.3) is 0 Å². The van der Waals surface area contributed by atoms with Crippen molar-refractivity contribution < 1.29 is 4.79 Å². The number of carbonyl (C=O) groups is 1. The van der Waals surface area contributed by atoms with Gasteiger partial charge in [-0.2, -0.15) is 0 Å². The number of rotatable bonds is 8. The van der Waals surface area contributed by atoms with E-state index in [4.69, 9.17) is 4.98 Å². The van der Waals surface area contributed by atoms with Gasteiger partial charge in [-0.3, -0.25) is 4.79 Å². The first-order chi connectivity index (χ1) is 12.2. The van der Waals surface area contributed by atoms with E-state index in [1.165, 1.54) is 36.6 Å². The number of hydrogen-bond donors (Lipinski definition) is 1. The molecule has 25 heavy (non-hydrogen) atoms. The Hall–Kier alpha value is -1.86. The monoisotopic (exact) mass is 374 g/mol. The molecule has 0 bridgehead atoms. The molecule has 132 valence electrons. The zero-order valence-corrected chi connectivity index (χ0v) is 16.1. The van der Waals surface area contributed by atoms with Crippen molar-refractivity contribution in [3.63, 3.8) is 0 Å². The smallest absolute Gasteiger partial charge is 0.223 e. The van der Waals surface area contributed by atoms with Crippen LogP contribution in [-0.4, -0.2) is 20.4 Å². The number of amides is 1. The van der Waals surface area contributed by atoms with E-state index in [2.05, 4.69) is 40.0 Å². The average molecular weight is 375 g/mol. The number of hydrogen-bond acceptors (Lipinski definition) is 5. The maximum Gasteiger partial charge on any atom is 0.223 e. The van der Waals surface area contributed by atoms with Crippen LogP contribution in [0.25, 0.3) is 11.0 Å². The van der Waals surface area contributed by atoms with Crippen LogP contribution in [-0.2, 0) is 17.1 Å². The summed E-state index contributed by atoms with van der Waals surface area (Å²) in [5.41, 5.74) is 3.20. The number of thiazole rings is 1. The quantitative estimate of drug-likeness (QED) is 0.448. The molecule has 0 saturated carbocycles. The molecule has 0 aliphatic heterocycles. The molecule has 1 aromatic carbocycles. The van der Waals surface area contributed by atoms with E-state index in [1.54, 1.807) is 11.8 Å². The Morgan fingerprint density at radius 1 is 1.28 bits per heavy atom. The summed E-state index contributed by atoms with van der Waals surface area (Å²) in [7, 11) is 0. The SMILES string of the molecule is CCCCCn1c(SCc2csc(NC(C)=O)n2)nc2ccccc21. The summed E-state index contributed by atoms with van der Waals surface area (Å²) >= 11 is 3.15. The van der Waals surface area contributed by atoms with E-state index >= 15 is 0 Å². The number of benzene rings is 1. The molecule has 3 rings (SSSR count). The van der Waals surface area contributed by atoms with Gasteiger partial charge in [0.15, 0.2) is 10.3 Å². The predicted molar refractivity (Wildman–Crippen MR) is 105 cm³/mol. The van der Waals surface area contributed by atoms with Crippen LogP contribution in [0.5, 0.6) is 0 Å². The number of imidazole rings is 1.